The number of rotatable bonds is 6. The van der Waals surface area contributed by atoms with Crippen LogP contribution >= 0.6 is 0 Å². The van der Waals surface area contributed by atoms with E-state index in [4.69, 9.17) is 9.62 Å². The van der Waals surface area contributed by atoms with Gasteiger partial charge >= 0.3 is 0 Å². The van der Waals surface area contributed by atoms with Gasteiger partial charge < -0.3 is 4.42 Å². The molecule has 2 aromatic heterocycles. The van der Waals surface area contributed by atoms with E-state index in [1.165, 1.54) is 17.6 Å². The number of amides is 1. The molecule has 0 aliphatic rings. The van der Waals surface area contributed by atoms with Gasteiger partial charge in [0.05, 0.1) is 6.20 Å². The fourth-order valence-electron chi connectivity index (χ4n) is 2.88. The summed E-state index contributed by atoms with van der Waals surface area (Å²) in [5.41, 5.74) is 4.58. The maximum Gasteiger partial charge on any atom is 0.267 e. The largest absolute Gasteiger partial charge is 0.438 e. The fourth-order valence-corrected chi connectivity index (χ4v) is 2.88. The van der Waals surface area contributed by atoms with Crippen molar-refractivity contribution in [2.45, 2.75) is 12.5 Å². The van der Waals surface area contributed by atoms with Crippen LogP contribution in [-0.4, -0.2) is 31.1 Å². The van der Waals surface area contributed by atoms with Crippen molar-refractivity contribution in [1.29, 1.82) is 0 Å². The van der Waals surface area contributed by atoms with Crippen LogP contribution in [0.3, 0.4) is 0 Å². The Hall–Kier alpha value is -3.78. The minimum absolute atomic E-state index is 0.309. The highest BCUT2D eigenvalue weighted by Gasteiger charge is 2.22. The van der Waals surface area contributed by atoms with Gasteiger partial charge in [-0.2, -0.15) is 0 Å². The van der Waals surface area contributed by atoms with Gasteiger partial charge in [0.25, 0.3) is 5.91 Å². The van der Waals surface area contributed by atoms with Crippen molar-refractivity contribution in [3.63, 3.8) is 0 Å². The number of benzene rings is 2. The molecule has 0 radical (unpaired) electrons. The highest BCUT2D eigenvalue weighted by atomic mass is 16.5. The third-order valence-corrected chi connectivity index (χ3v) is 4.23. The zero-order chi connectivity index (χ0) is 19.3. The van der Waals surface area contributed by atoms with E-state index in [-0.39, 0.29) is 6.04 Å². The number of hydroxylamine groups is 1. The molecular formula is C20H17N5O3. The second kappa shape index (κ2) is 7.85. The quantitative estimate of drug-likeness (QED) is 0.305. The topological polar surface area (TPSA) is 106 Å². The highest BCUT2D eigenvalue weighted by Crippen LogP contribution is 2.26. The van der Waals surface area contributed by atoms with Crippen LogP contribution in [0.15, 0.2) is 71.3 Å². The van der Waals surface area contributed by atoms with E-state index in [1.807, 2.05) is 54.6 Å². The molecule has 0 spiro atoms. The van der Waals surface area contributed by atoms with E-state index in [1.54, 1.807) is 10.9 Å². The molecule has 1 atom stereocenters. The molecule has 4 rings (SSSR count). The maximum absolute atomic E-state index is 11.2. The Morgan fingerprint density at radius 3 is 2.75 bits per heavy atom. The average molecular weight is 375 g/mol. The van der Waals surface area contributed by atoms with Gasteiger partial charge in [0.1, 0.15) is 17.3 Å². The Kier molecular flexibility index (Phi) is 4.94. The molecule has 4 aromatic rings. The van der Waals surface area contributed by atoms with E-state index in [0.717, 1.165) is 11.1 Å². The van der Waals surface area contributed by atoms with Gasteiger partial charge in [-0.3, -0.25) is 10.0 Å². The standard InChI is InChI=1S/C20H17N5O3/c26-19(23-27)11-10-15-13-25(24-22-15)17(12-14-6-2-1-3-7-14)20-21-16-8-4-5-9-18(16)28-20/h1-11,13,17,27H,12H2,(H,23,26). The lowest BCUT2D eigenvalue weighted by atomic mass is 10.1. The molecule has 2 N–H and O–H groups in total. The minimum Gasteiger partial charge on any atom is -0.438 e. The van der Waals surface area contributed by atoms with E-state index in [2.05, 4.69) is 15.3 Å². The Morgan fingerprint density at radius 2 is 1.96 bits per heavy atom. The van der Waals surface area contributed by atoms with Crippen LogP contribution in [0.1, 0.15) is 23.2 Å². The van der Waals surface area contributed by atoms with Crippen molar-refractivity contribution in [3.05, 3.63) is 84.0 Å². The van der Waals surface area contributed by atoms with Gasteiger partial charge in [-0.05, 0) is 23.8 Å². The van der Waals surface area contributed by atoms with Crippen molar-refractivity contribution >= 4 is 23.1 Å². The second-order valence-corrected chi connectivity index (χ2v) is 6.16. The summed E-state index contributed by atoms with van der Waals surface area (Å²) >= 11 is 0. The molecular weight excluding hydrogens is 358 g/mol. The summed E-state index contributed by atoms with van der Waals surface area (Å²) in [7, 11) is 0. The number of para-hydroxylation sites is 2. The van der Waals surface area contributed by atoms with Crippen LogP contribution in [0.5, 0.6) is 0 Å². The summed E-state index contributed by atoms with van der Waals surface area (Å²) in [5, 5.41) is 16.8. The number of nitrogens with one attached hydrogen (secondary N) is 1. The van der Waals surface area contributed by atoms with Crippen LogP contribution in [-0.2, 0) is 11.2 Å². The first-order chi connectivity index (χ1) is 13.7. The Balaban J connectivity index is 1.70. The van der Waals surface area contributed by atoms with Gasteiger partial charge in [-0.25, -0.2) is 15.1 Å². The fraction of sp³-hybridized carbons (Fsp3) is 0.100. The normalized spacial score (nSPS) is 12.5. The predicted octanol–water partition coefficient (Wildman–Crippen LogP) is 2.77. The summed E-state index contributed by atoms with van der Waals surface area (Å²) in [6.07, 6.45) is 4.93. The molecule has 1 unspecified atom stereocenters. The number of hydrogen-bond donors (Lipinski definition) is 2. The lowest BCUT2D eigenvalue weighted by molar-refractivity contribution is -0.124. The number of hydrogen-bond acceptors (Lipinski definition) is 6. The zero-order valence-electron chi connectivity index (χ0n) is 14.8. The van der Waals surface area contributed by atoms with E-state index in [9.17, 15) is 4.79 Å². The van der Waals surface area contributed by atoms with Crippen LogP contribution < -0.4 is 5.48 Å². The molecule has 0 fully saturated rings. The monoisotopic (exact) mass is 375 g/mol. The number of carbonyl (C=O) groups is 1. The number of aromatic nitrogens is 4. The van der Waals surface area contributed by atoms with Crippen LogP contribution in [0.4, 0.5) is 0 Å². The van der Waals surface area contributed by atoms with E-state index >= 15 is 0 Å². The number of nitrogens with zero attached hydrogens (tertiary/aromatic N) is 4. The Bertz CT molecular complexity index is 1080. The zero-order valence-corrected chi connectivity index (χ0v) is 14.8. The van der Waals surface area contributed by atoms with Crippen LogP contribution in [0.25, 0.3) is 17.2 Å². The third kappa shape index (κ3) is 3.81. The lowest BCUT2D eigenvalue weighted by Crippen LogP contribution is -2.15. The van der Waals surface area contributed by atoms with Gasteiger partial charge in [0.2, 0.25) is 5.89 Å². The smallest absolute Gasteiger partial charge is 0.267 e. The van der Waals surface area contributed by atoms with Gasteiger partial charge in [-0.1, -0.05) is 47.7 Å². The van der Waals surface area contributed by atoms with Crippen molar-refractivity contribution < 1.29 is 14.4 Å². The molecule has 0 bridgehead atoms. The first-order valence-electron chi connectivity index (χ1n) is 8.66. The van der Waals surface area contributed by atoms with Crippen molar-refractivity contribution in [1.82, 2.24) is 25.5 Å². The molecule has 0 aliphatic heterocycles. The van der Waals surface area contributed by atoms with Crippen molar-refractivity contribution in [3.8, 4) is 0 Å². The number of carbonyl (C=O) groups excluding carboxylic acids is 1. The van der Waals surface area contributed by atoms with E-state index < -0.39 is 5.91 Å². The molecule has 1 amide bonds. The van der Waals surface area contributed by atoms with Gasteiger partial charge in [0.15, 0.2) is 5.58 Å². The number of fused-ring (bicyclic) bond motifs is 1. The third-order valence-electron chi connectivity index (χ3n) is 4.23. The van der Waals surface area contributed by atoms with Crippen molar-refractivity contribution in [2.75, 3.05) is 0 Å². The first-order valence-corrected chi connectivity index (χ1v) is 8.66. The molecule has 0 aliphatic carbocycles. The van der Waals surface area contributed by atoms with Crippen LogP contribution in [0, 0.1) is 0 Å². The predicted molar refractivity (Wildman–Crippen MR) is 101 cm³/mol. The molecule has 8 heteroatoms. The molecule has 140 valence electrons. The average Bonchev–Trinajstić information content (AvgIpc) is 3.38. The maximum atomic E-state index is 11.2. The van der Waals surface area contributed by atoms with E-state index in [0.29, 0.717) is 23.6 Å². The van der Waals surface area contributed by atoms with Crippen LogP contribution in [0.2, 0.25) is 0 Å². The molecule has 0 saturated carbocycles. The molecule has 8 nitrogen and oxygen atoms in total. The van der Waals surface area contributed by atoms with Crippen molar-refractivity contribution in [2.24, 2.45) is 0 Å². The summed E-state index contributed by atoms with van der Waals surface area (Å²) in [6.45, 7) is 0. The molecule has 2 aromatic carbocycles. The summed E-state index contributed by atoms with van der Waals surface area (Å²) < 4.78 is 7.63. The van der Waals surface area contributed by atoms with Gasteiger partial charge in [0, 0.05) is 12.5 Å². The summed E-state index contributed by atoms with van der Waals surface area (Å²) in [6, 6.07) is 17.2. The van der Waals surface area contributed by atoms with Gasteiger partial charge in [-0.15, -0.1) is 5.10 Å². The minimum atomic E-state index is -0.644. The molecule has 2 heterocycles. The SMILES string of the molecule is O=C(C=Cc1cn(C(Cc2ccccc2)c2nc3ccccc3o2)nn1)NO. The Morgan fingerprint density at radius 1 is 1.18 bits per heavy atom. The molecule has 28 heavy (non-hydrogen) atoms. The number of oxazole rings is 1. The second-order valence-electron chi connectivity index (χ2n) is 6.16. The Labute approximate surface area is 160 Å². The first kappa shape index (κ1) is 17.6. The summed E-state index contributed by atoms with van der Waals surface area (Å²) in [4.78, 5) is 15.8. The highest BCUT2D eigenvalue weighted by molar-refractivity contribution is 5.90. The summed E-state index contributed by atoms with van der Waals surface area (Å²) in [5.74, 6) is -0.118. The molecule has 0 saturated heterocycles. The lowest BCUT2D eigenvalue weighted by Gasteiger charge is -2.13.